The van der Waals surface area contributed by atoms with Gasteiger partial charge in [0.2, 0.25) is 5.91 Å². The number of hydrogen-bond acceptors (Lipinski definition) is 5. The van der Waals surface area contributed by atoms with Crippen molar-refractivity contribution in [2.24, 2.45) is 5.92 Å². The van der Waals surface area contributed by atoms with E-state index in [4.69, 9.17) is 4.74 Å². The number of carbonyl (C=O) groups is 1. The van der Waals surface area contributed by atoms with Crippen LogP contribution in [0.4, 0.5) is 11.4 Å². The third kappa shape index (κ3) is 6.67. The highest BCUT2D eigenvalue weighted by Gasteiger charge is 2.31. The average molecular weight is 558 g/mol. The molecule has 0 saturated carbocycles. The van der Waals surface area contributed by atoms with Crippen LogP contribution in [0.3, 0.4) is 0 Å². The number of halogens is 1. The Hall–Kier alpha value is -3.07. The first kappa shape index (κ1) is 29.5. The molecule has 1 amide bonds. The second-order valence-corrected chi connectivity index (χ2v) is 11.7. The fourth-order valence-corrected chi connectivity index (χ4v) is 6.33. The van der Waals surface area contributed by atoms with Crippen LogP contribution in [0, 0.1) is 12.8 Å². The Morgan fingerprint density at radius 3 is 2.42 bits per heavy atom. The van der Waals surface area contributed by atoms with Gasteiger partial charge < -0.3 is 14.5 Å². The zero-order valence-corrected chi connectivity index (χ0v) is 24.0. The second-order valence-electron chi connectivity index (χ2n) is 9.81. The van der Waals surface area contributed by atoms with E-state index in [9.17, 15) is 13.2 Å². The Morgan fingerprint density at radius 2 is 1.74 bits per heavy atom. The molecule has 0 N–H and O–H groups in total. The standard InChI is InChI=1S/C29H35N3O4S.ClH/c1-22-12-14-27(15-13-22)37(34,35)32(25-9-7-10-26(19-25)36-4)17-16-29(33)31-21-23(20-30(2)3)18-24-8-5-6-11-28(24)31;/h5-15,19,23H,16-18,20-21H2,1-4H3;1H. The normalized spacial score (nSPS) is 15.0. The van der Waals surface area contributed by atoms with Crippen molar-refractivity contribution in [2.75, 3.05) is 50.0 Å². The molecule has 1 heterocycles. The molecule has 1 atom stereocenters. The fourth-order valence-electron chi connectivity index (χ4n) is 4.88. The molecule has 0 aromatic heterocycles. The molecule has 38 heavy (non-hydrogen) atoms. The molecule has 0 radical (unpaired) electrons. The van der Waals surface area contributed by atoms with E-state index in [0.717, 1.165) is 29.8 Å². The number of carbonyl (C=O) groups excluding carboxylic acids is 1. The zero-order chi connectivity index (χ0) is 26.6. The summed E-state index contributed by atoms with van der Waals surface area (Å²) >= 11 is 0. The van der Waals surface area contributed by atoms with Crippen molar-refractivity contribution in [1.82, 2.24) is 4.90 Å². The van der Waals surface area contributed by atoms with Crippen LogP contribution in [0.25, 0.3) is 0 Å². The minimum atomic E-state index is -3.91. The number of aryl methyl sites for hydroxylation is 1. The van der Waals surface area contributed by atoms with Crippen molar-refractivity contribution >= 4 is 39.7 Å². The lowest BCUT2D eigenvalue weighted by molar-refractivity contribution is -0.118. The minimum Gasteiger partial charge on any atom is -0.497 e. The van der Waals surface area contributed by atoms with Crippen molar-refractivity contribution in [3.8, 4) is 5.75 Å². The highest BCUT2D eigenvalue weighted by atomic mass is 35.5. The van der Waals surface area contributed by atoms with Gasteiger partial charge in [0.1, 0.15) is 5.75 Å². The Balaban J connectivity index is 0.00000400. The SMILES string of the molecule is COc1cccc(N(CCC(=O)N2CC(CN(C)C)Cc3ccccc32)S(=O)(=O)c2ccc(C)cc2)c1.Cl. The van der Waals surface area contributed by atoms with E-state index in [0.29, 0.717) is 23.9 Å². The molecule has 3 aromatic carbocycles. The van der Waals surface area contributed by atoms with Crippen LogP contribution < -0.4 is 13.9 Å². The Bertz CT molecular complexity index is 1350. The predicted octanol–water partition coefficient (Wildman–Crippen LogP) is 4.78. The van der Waals surface area contributed by atoms with E-state index in [-0.39, 0.29) is 36.2 Å². The molecule has 1 aliphatic rings. The maximum absolute atomic E-state index is 13.8. The summed E-state index contributed by atoms with van der Waals surface area (Å²) in [5, 5.41) is 0. The van der Waals surface area contributed by atoms with E-state index < -0.39 is 10.0 Å². The monoisotopic (exact) mass is 557 g/mol. The van der Waals surface area contributed by atoms with Crippen LogP contribution in [0.2, 0.25) is 0 Å². The summed E-state index contributed by atoms with van der Waals surface area (Å²) in [7, 11) is 1.70. The molecular weight excluding hydrogens is 522 g/mol. The maximum Gasteiger partial charge on any atom is 0.264 e. The fraction of sp³-hybridized carbons (Fsp3) is 0.345. The number of sulfonamides is 1. The highest BCUT2D eigenvalue weighted by molar-refractivity contribution is 7.92. The molecule has 7 nitrogen and oxygen atoms in total. The summed E-state index contributed by atoms with van der Waals surface area (Å²) in [5.41, 5.74) is 3.48. The summed E-state index contributed by atoms with van der Waals surface area (Å²) in [5.74, 6) is 0.756. The Morgan fingerprint density at radius 1 is 1.03 bits per heavy atom. The van der Waals surface area contributed by atoms with Crippen LogP contribution >= 0.6 is 12.4 Å². The Labute approximate surface area is 232 Å². The van der Waals surface area contributed by atoms with E-state index >= 15 is 0 Å². The summed E-state index contributed by atoms with van der Waals surface area (Å²) in [6, 6.07) is 21.7. The highest BCUT2D eigenvalue weighted by Crippen LogP contribution is 2.32. The second kappa shape index (κ2) is 12.7. The third-order valence-corrected chi connectivity index (χ3v) is 8.48. The molecule has 0 fully saturated rings. The lowest BCUT2D eigenvalue weighted by atomic mass is 9.92. The minimum absolute atomic E-state index is 0. The van der Waals surface area contributed by atoms with Gasteiger partial charge in [-0.05, 0) is 69.3 Å². The number of methoxy groups -OCH3 is 1. The van der Waals surface area contributed by atoms with Crippen LogP contribution in [0.5, 0.6) is 5.75 Å². The van der Waals surface area contributed by atoms with Crippen molar-refractivity contribution in [3.05, 3.63) is 83.9 Å². The molecular formula is C29H36ClN3O4S. The first-order valence-corrected chi connectivity index (χ1v) is 13.9. The van der Waals surface area contributed by atoms with Gasteiger partial charge in [0, 0.05) is 37.8 Å². The van der Waals surface area contributed by atoms with Crippen LogP contribution in [-0.2, 0) is 21.2 Å². The first-order chi connectivity index (χ1) is 17.7. The maximum atomic E-state index is 13.8. The number of anilines is 2. The molecule has 204 valence electrons. The van der Waals surface area contributed by atoms with E-state index in [2.05, 4.69) is 11.0 Å². The van der Waals surface area contributed by atoms with Gasteiger partial charge in [0.05, 0.1) is 17.7 Å². The molecule has 0 aliphatic carbocycles. The molecule has 4 rings (SSSR count). The largest absolute Gasteiger partial charge is 0.497 e. The number of fused-ring (bicyclic) bond motifs is 1. The quantitative estimate of drug-likeness (QED) is 0.379. The van der Waals surface area contributed by atoms with Gasteiger partial charge in [-0.25, -0.2) is 8.42 Å². The molecule has 1 unspecified atom stereocenters. The topological polar surface area (TPSA) is 70.2 Å². The summed E-state index contributed by atoms with van der Waals surface area (Å²) in [6.07, 6.45) is 0.960. The van der Waals surface area contributed by atoms with Gasteiger partial charge in [-0.2, -0.15) is 0 Å². The van der Waals surface area contributed by atoms with Crippen LogP contribution in [0.15, 0.2) is 77.7 Å². The average Bonchev–Trinajstić information content (AvgIpc) is 2.88. The van der Waals surface area contributed by atoms with Crippen LogP contribution in [-0.4, -0.2) is 60.1 Å². The van der Waals surface area contributed by atoms with E-state index in [1.165, 1.54) is 4.31 Å². The number of hydrogen-bond donors (Lipinski definition) is 0. The van der Waals surface area contributed by atoms with Crippen molar-refractivity contribution in [1.29, 1.82) is 0 Å². The Kier molecular flexibility index (Phi) is 9.82. The molecule has 0 bridgehead atoms. The number of benzene rings is 3. The van der Waals surface area contributed by atoms with E-state index in [1.807, 2.05) is 44.1 Å². The summed E-state index contributed by atoms with van der Waals surface area (Å²) in [4.78, 5) is 17.8. The van der Waals surface area contributed by atoms with Gasteiger partial charge in [0.25, 0.3) is 10.0 Å². The zero-order valence-electron chi connectivity index (χ0n) is 22.3. The molecule has 0 saturated heterocycles. The lowest BCUT2D eigenvalue weighted by Crippen LogP contribution is -2.44. The van der Waals surface area contributed by atoms with E-state index in [1.54, 1.807) is 55.6 Å². The smallest absolute Gasteiger partial charge is 0.264 e. The number of para-hydroxylation sites is 1. The molecule has 1 aliphatic heterocycles. The number of amides is 1. The van der Waals surface area contributed by atoms with Gasteiger partial charge in [-0.1, -0.05) is 42.0 Å². The van der Waals surface area contributed by atoms with Crippen molar-refractivity contribution < 1.29 is 17.9 Å². The summed E-state index contributed by atoms with van der Waals surface area (Å²) in [6.45, 7) is 3.40. The number of ether oxygens (including phenoxy) is 1. The number of nitrogens with zero attached hydrogens (tertiary/aromatic N) is 3. The van der Waals surface area contributed by atoms with Gasteiger partial charge in [0.15, 0.2) is 0 Å². The predicted molar refractivity (Wildman–Crippen MR) is 155 cm³/mol. The lowest BCUT2D eigenvalue weighted by Gasteiger charge is -2.36. The molecule has 9 heteroatoms. The molecule has 0 spiro atoms. The van der Waals surface area contributed by atoms with Gasteiger partial charge in [-0.15, -0.1) is 12.4 Å². The first-order valence-electron chi connectivity index (χ1n) is 12.5. The summed E-state index contributed by atoms with van der Waals surface area (Å²) < 4.78 is 34.2. The molecule has 3 aromatic rings. The third-order valence-electron chi connectivity index (χ3n) is 6.64. The van der Waals surface area contributed by atoms with Gasteiger partial charge >= 0.3 is 0 Å². The van der Waals surface area contributed by atoms with Crippen molar-refractivity contribution in [2.45, 2.75) is 24.7 Å². The van der Waals surface area contributed by atoms with Crippen molar-refractivity contribution in [3.63, 3.8) is 0 Å². The van der Waals surface area contributed by atoms with Crippen LogP contribution in [0.1, 0.15) is 17.5 Å². The van der Waals surface area contributed by atoms with Gasteiger partial charge in [-0.3, -0.25) is 9.10 Å². The number of rotatable bonds is 9.